The van der Waals surface area contributed by atoms with Crippen molar-refractivity contribution in [3.8, 4) is 0 Å². The first-order chi connectivity index (χ1) is 12.1. The molecule has 1 saturated carbocycles. The van der Waals surface area contributed by atoms with Crippen molar-refractivity contribution in [2.24, 2.45) is 0 Å². The van der Waals surface area contributed by atoms with Gasteiger partial charge in [-0.3, -0.25) is 0 Å². The van der Waals surface area contributed by atoms with E-state index in [1.807, 2.05) is 32.9 Å². The quantitative estimate of drug-likeness (QED) is 0.694. The Labute approximate surface area is 163 Å². The average molecular weight is 427 g/mol. The fourth-order valence-electron chi connectivity index (χ4n) is 3.69. The van der Waals surface area contributed by atoms with Crippen LogP contribution >= 0.6 is 15.9 Å². The normalized spacial score (nSPS) is 29.7. The van der Waals surface area contributed by atoms with Crippen LogP contribution in [0.3, 0.4) is 0 Å². The van der Waals surface area contributed by atoms with Crippen molar-refractivity contribution < 1.29 is 19.4 Å². The minimum atomic E-state index is -0.892. The van der Waals surface area contributed by atoms with Crippen molar-refractivity contribution >= 4 is 22.0 Å². The van der Waals surface area contributed by atoms with Crippen LogP contribution in [0.4, 0.5) is 4.79 Å². The van der Waals surface area contributed by atoms with Gasteiger partial charge in [0.1, 0.15) is 10.2 Å². The zero-order valence-corrected chi connectivity index (χ0v) is 17.2. The van der Waals surface area contributed by atoms with Gasteiger partial charge in [0.15, 0.2) is 0 Å². The molecule has 0 radical (unpaired) electrons. The third-order valence-corrected chi connectivity index (χ3v) is 5.62. The molecule has 26 heavy (non-hydrogen) atoms. The van der Waals surface area contributed by atoms with Crippen LogP contribution < -0.4 is 0 Å². The second-order valence-corrected chi connectivity index (χ2v) is 9.15. The van der Waals surface area contributed by atoms with Gasteiger partial charge in [0.25, 0.3) is 0 Å². The number of hydrogen-bond donors (Lipinski definition) is 1. The second kappa shape index (κ2) is 7.09. The van der Waals surface area contributed by atoms with Crippen molar-refractivity contribution in [2.75, 3.05) is 19.7 Å². The number of nitrogens with zero attached hydrogens (tertiary/aromatic N) is 2. The Balaban J connectivity index is 1.65. The van der Waals surface area contributed by atoms with Crippen LogP contribution in [0.25, 0.3) is 0 Å². The van der Waals surface area contributed by atoms with Crippen LogP contribution in [0, 0.1) is 0 Å². The second-order valence-electron chi connectivity index (χ2n) is 8.33. The summed E-state index contributed by atoms with van der Waals surface area (Å²) >= 11 is 3.32. The Kier molecular flexibility index (Phi) is 5.34. The lowest BCUT2D eigenvalue weighted by Gasteiger charge is -2.48. The molecule has 7 heteroatoms. The van der Waals surface area contributed by atoms with Crippen molar-refractivity contribution in [1.29, 1.82) is 0 Å². The van der Waals surface area contributed by atoms with Gasteiger partial charge in [-0.25, -0.2) is 9.78 Å². The van der Waals surface area contributed by atoms with Crippen LogP contribution in [-0.2, 0) is 15.1 Å². The summed E-state index contributed by atoms with van der Waals surface area (Å²) in [6.45, 7) is 7.15. The monoisotopic (exact) mass is 426 g/mol. The zero-order chi connectivity index (χ0) is 19.0. The van der Waals surface area contributed by atoms with Gasteiger partial charge in [-0.05, 0) is 68.5 Å². The summed E-state index contributed by atoms with van der Waals surface area (Å²) < 4.78 is 12.3. The van der Waals surface area contributed by atoms with E-state index in [0.29, 0.717) is 45.4 Å². The summed E-state index contributed by atoms with van der Waals surface area (Å²) in [7, 11) is 0. The summed E-state index contributed by atoms with van der Waals surface area (Å²) in [5.74, 6) is 0. The Morgan fingerprint density at radius 2 is 2.00 bits per heavy atom. The van der Waals surface area contributed by atoms with Crippen LogP contribution in [0.1, 0.15) is 52.0 Å². The zero-order valence-electron chi connectivity index (χ0n) is 15.6. The molecule has 2 fully saturated rings. The lowest BCUT2D eigenvalue weighted by molar-refractivity contribution is -0.155. The van der Waals surface area contributed by atoms with Crippen molar-refractivity contribution in [1.82, 2.24) is 9.88 Å². The number of carbonyl (C=O) groups is 1. The first kappa shape index (κ1) is 19.6. The minimum Gasteiger partial charge on any atom is -0.444 e. The van der Waals surface area contributed by atoms with Gasteiger partial charge in [-0.1, -0.05) is 6.07 Å². The number of hydrogen-bond acceptors (Lipinski definition) is 5. The van der Waals surface area contributed by atoms with E-state index in [4.69, 9.17) is 9.47 Å². The summed E-state index contributed by atoms with van der Waals surface area (Å²) in [5, 5.41) is 11.1. The first-order valence-corrected chi connectivity index (χ1v) is 9.87. The number of aliphatic hydroxyl groups is 1. The number of halogens is 1. The number of ether oxygens (including phenoxy) is 2. The maximum Gasteiger partial charge on any atom is 0.410 e. The van der Waals surface area contributed by atoms with Crippen molar-refractivity contribution in [3.05, 3.63) is 28.5 Å². The maximum atomic E-state index is 12.4. The van der Waals surface area contributed by atoms with E-state index >= 15 is 0 Å². The van der Waals surface area contributed by atoms with Gasteiger partial charge in [-0.15, -0.1) is 0 Å². The molecule has 0 bridgehead atoms. The first-order valence-electron chi connectivity index (χ1n) is 9.07. The summed E-state index contributed by atoms with van der Waals surface area (Å²) in [5.41, 5.74) is -0.972. The molecule has 1 aromatic heterocycles. The minimum absolute atomic E-state index is 0.293. The molecule has 144 valence electrons. The Hall–Kier alpha value is -1.18. The molecule has 2 heterocycles. The SMILES string of the molecule is CC(C)(C)OC(=O)N1CCOC2(CCC(O)(c3ccc(Br)nc3)CC2)C1. The van der Waals surface area contributed by atoms with Gasteiger partial charge in [0.05, 0.1) is 24.4 Å². The van der Waals surface area contributed by atoms with E-state index in [1.54, 1.807) is 11.1 Å². The van der Waals surface area contributed by atoms with Crippen molar-refractivity contribution in [2.45, 2.75) is 63.3 Å². The largest absolute Gasteiger partial charge is 0.444 e. The van der Waals surface area contributed by atoms with Crippen LogP contribution in [0.2, 0.25) is 0 Å². The van der Waals surface area contributed by atoms with Gasteiger partial charge in [0, 0.05) is 18.3 Å². The van der Waals surface area contributed by atoms with Crippen LogP contribution in [-0.4, -0.2) is 52.0 Å². The number of aromatic nitrogens is 1. The third kappa shape index (κ3) is 4.38. The van der Waals surface area contributed by atoms with E-state index in [9.17, 15) is 9.90 Å². The summed E-state index contributed by atoms with van der Waals surface area (Å²) in [6, 6.07) is 3.75. The standard InChI is InChI=1S/C19H27BrN2O4/c1-17(2,3)26-16(23)22-10-11-25-18(13-22)6-8-19(24,9-7-18)14-4-5-15(20)21-12-14/h4-5,12,24H,6-11,13H2,1-3H3. The van der Waals surface area contributed by atoms with Gasteiger partial charge < -0.3 is 19.5 Å². The Morgan fingerprint density at radius 1 is 1.31 bits per heavy atom. The highest BCUT2D eigenvalue weighted by Gasteiger charge is 2.47. The molecule has 1 amide bonds. The molecule has 3 rings (SSSR count). The molecule has 1 spiro atoms. The molecule has 1 saturated heterocycles. The van der Waals surface area contributed by atoms with Crippen LogP contribution in [0.15, 0.2) is 22.9 Å². The topological polar surface area (TPSA) is 71.9 Å². The highest BCUT2D eigenvalue weighted by Crippen LogP contribution is 2.44. The Morgan fingerprint density at radius 3 is 2.58 bits per heavy atom. The van der Waals surface area contributed by atoms with E-state index < -0.39 is 16.8 Å². The predicted molar refractivity (Wildman–Crippen MR) is 101 cm³/mol. The fraction of sp³-hybridized carbons (Fsp3) is 0.684. The van der Waals surface area contributed by atoms with Gasteiger partial charge in [-0.2, -0.15) is 0 Å². The molecular weight excluding hydrogens is 400 g/mol. The molecule has 0 aromatic carbocycles. The highest BCUT2D eigenvalue weighted by atomic mass is 79.9. The fourth-order valence-corrected chi connectivity index (χ4v) is 3.92. The van der Waals surface area contributed by atoms with E-state index in [2.05, 4.69) is 20.9 Å². The van der Waals surface area contributed by atoms with Crippen molar-refractivity contribution in [3.63, 3.8) is 0 Å². The molecule has 2 aliphatic rings. The number of rotatable bonds is 1. The third-order valence-electron chi connectivity index (χ3n) is 5.15. The Bertz CT molecular complexity index is 648. The molecular formula is C19H27BrN2O4. The molecule has 6 nitrogen and oxygen atoms in total. The molecule has 1 aliphatic heterocycles. The smallest absolute Gasteiger partial charge is 0.410 e. The summed E-state index contributed by atoms with van der Waals surface area (Å²) in [4.78, 5) is 18.4. The highest BCUT2D eigenvalue weighted by molar-refractivity contribution is 9.10. The van der Waals surface area contributed by atoms with Gasteiger partial charge in [0.2, 0.25) is 0 Å². The molecule has 1 aromatic rings. The molecule has 1 aliphatic carbocycles. The molecule has 0 atom stereocenters. The van der Waals surface area contributed by atoms with E-state index in [0.717, 1.165) is 10.2 Å². The van der Waals surface area contributed by atoms with E-state index in [-0.39, 0.29) is 6.09 Å². The number of carbonyl (C=O) groups excluding carboxylic acids is 1. The lowest BCUT2D eigenvalue weighted by Crippen LogP contribution is -2.57. The van der Waals surface area contributed by atoms with E-state index in [1.165, 1.54) is 0 Å². The number of amides is 1. The summed E-state index contributed by atoms with van der Waals surface area (Å²) in [6.07, 6.45) is 3.98. The number of pyridine rings is 1. The van der Waals surface area contributed by atoms with Crippen LogP contribution in [0.5, 0.6) is 0 Å². The predicted octanol–water partition coefficient (Wildman–Crippen LogP) is 3.61. The molecule has 0 unspecified atom stereocenters. The maximum absolute atomic E-state index is 12.4. The average Bonchev–Trinajstić information content (AvgIpc) is 2.57. The van der Waals surface area contributed by atoms with Gasteiger partial charge >= 0.3 is 6.09 Å². The number of morpholine rings is 1. The molecule has 1 N–H and O–H groups in total. The lowest BCUT2D eigenvalue weighted by atomic mass is 9.72.